The summed E-state index contributed by atoms with van der Waals surface area (Å²) in [6.07, 6.45) is 5.21. The molecule has 0 saturated heterocycles. The molecule has 19 heavy (non-hydrogen) atoms. The van der Waals surface area contributed by atoms with Gasteiger partial charge >= 0.3 is 0 Å². The molecule has 2 rings (SSSR count). The van der Waals surface area contributed by atoms with E-state index in [0.29, 0.717) is 15.6 Å². The molecule has 1 aliphatic rings. The van der Waals surface area contributed by atoms with Crippen LogP contribution in [0.4, 0.5) is 0 Å². The molecule has 2 atom stereocenters. The molecule has 1 amide bonds. The topological polar surface area (TPSA) is 29.1 Å². The molecule has 1 fully saturated rings. The fourth-order valence-electron chi connectivity index (χ4n) is 2.38. The van der Waals surface area contributed by atoms with Crippen LogP contribution in [-0.2, 0) is 0 Å². The van der Waals surface area contributed by atoms with Gasteiger partial charge in [0.05, 0.1) is 21.0 Å². The minimum atomic E-state index is -0.242. The third kappa shape index (κ3) is 3.77. The maximum Gasteiger partial charge on any atom is 0.254 e. The molecular formula is C14H16Cl3NO. The summed E-state index contributed by atoms with van der Waals surface area (Å²) in [6, 6.07) is 5.03. The molecule has 1 aromatic rings. The van der Waals surface area contributed by atoms with Gasteiger partial charge < -0.3 is 5.32 Å². The first-order chi connectivity index (χ1) is 9.09. The molecule has 0 aromatic heterocycles. The standard InChI is InChI=1S/C14H16Cl3NO/c15-9-5-2-1-3-8-12(9)18-14(19)13-10(16)6-4-7-11(13)17/h4,6-7,9,12H,1-3,5,8H2,(H,18,19). The lowest BCUT2D eigenvalue weighted by Crippen LogP contribution is -2.40. The van der Waals surface area contributed by atoms with E-state index < -0.39 is 0 Å². The molecule has 2 unspecified atom stereocenters. The third-order valence-corrected chi connectivity index (χ3v) is 4.59. The zero-order valence-corrected chi connectivity index (χ0v) is 12.7. The van der Waals surface area contributed by atoms with Crippen molar-refractivity contribution >= 4 is 40.7 Å². The molecule has 2 nitrogen and oxygen atoms in total. The summed E-state index contributed by atoms with van der Waals surface area (Å²) >= 11 is 18.4. The van der Waals surface area contributed by atoms with Gasteiger partial charge in [-0.15, -0.1) is 11.6 Å². The van der Waals surface area contributed by atoms with Crippen molar-refractivity contribution in [1.82, 2.24) is 5.32 Å². The van der Waals surface area contributed by atoms with E-state index >= 15 is 0 Å². The predicted octanol–water partition coefficient (Wildman–Crippen LogP) is 4.66. The maximum absolute atomic E-state index is 12.3. The smallest absolute Gasteiger partial charge is 0.254 e. The van der Waals surface area contributed by atoms with Gasteiger partial charge in [-0.25, -0.2) is 0 Å². The first-order valence-corrected chi connectivity index (χ1v) is 7.68. The van der Waals surface area contributed by atoms with Crippen molar-refractivity contribution < 1.29 is 4.79 Å². The summed E-state index contributed by atoms with van der Waals surface area (Å²) in [5.41, 5.74) is 0.332. The highest BCUT2D eigenvalue weighted by atomic mass is 35.5. The van der Waals surface area contributed by atoms with Gasteiger partial charge in [-0.2, -0.15) is 0 Å². The first kappa shape index (κ1) is 15.0. The number of hydrogen-bond acceptors (Lipinski definition) is 1. The number of rotatable bonds is 2. The molecule has 0 aliphatic heterocycles. The largest absolute Gasteiger partial charge is 0.348 e. The van der Waals surface area contributed by atoms with E-state index in [4.69, 9.17) is 34.8 Å². The van der Waals surface area contributed by atoms with E-state index in [9.17, 15) is 4.79 Å². The highest BCUT2D eigenvalue weighted by molar-refractivity contribution is 6.39. The van der Waals surface area contributed by atoms with Crippen molar-refractivity contribution in [1.29, 1.82) is 0 Å². The predicted molar refractivity (Wildman–Crippen MR) is 80.4 cm³/mol. The van der Waals surface area contributed by atoms with E-state index in [2.05, 4.69) is 5.32 Å². The van der Waals surface area contributed by atoms with Crippen LogP contribution >= 0.6 is 34.8 Å². The maximum atomic E-state index is 12.3. The van der Waals surface area contributed by atoms with Crippen LogP contribution in [-0.4, -0.2) is 17.3 Å². The molecule has 1 aliphatic carbocycles. The van der Waals surface area contributed by atoms with Gasteiger partial charge in [0.25, 0.3) is 5.91 Å². The molecule has 104 valence electrons. The molecule has 5 heteroatoms. The van der Waals surface area contributed by atoms with Crippen LogP contribution in [0, 0.1) is 0 Å². The number of halogens is 3. The van der Waals surface area contributed by atoms with Gasteiger partial charge in [0.2, 0.25) is 0 Å². The van der Waals surface area contributed by atoms with Gasteiger partial charge in [0.1, 0.15) is 0 Å². The lowest BCUT2D eigenvalue weighted by Gasteiger charge is -2.21. The van der Waals surface area contributed by atoms with E-state index in [-0.39, 0.29) is 17.3 Å². The van der Waals surface area contributed by atoms with Gasteiger partial charge in [0, 0.05) is 6.04 Å². The Kier molecular flexibility index (Phi) is 5.37. The van der Waals surface area contributed by atoms with Crippen LogP contribution in [0.25, 0.3) is 0 Å². The average molecular weight is 321 g/mol. The molecule has 1 aromatic carbocycles. The molecule has 0 radical (unpaired) electrons. The number of amides is 1. The van der Waals surface area contributed by atoms with Crippen LogP contribution in [0.3, 0.4) is 0 Å². The third-order valence-electron chi connectivity index (χ3n) is 3.44. The second-order valence-corrected chi connectivity index (χ2v) is 6.21. The van der Waals surface area contributed by atoms with Crippen LogP contribution < -0.4 is 5.32 Å². The van der Waals surface area contributed by atoms with Gasteiger partial charge in [-0.1, -0.05) is 48.5 Å². The summed E-state index contributed by atoms with van der Waals surface area (Å²) in [5.74, 6) is -0.242. The fourth-order valence-corrected chi connectivity index (χ4v) is 3.29. The molecule has 1 saturated carbocycles. The molecule has 0 heterocycles. The molecule has 0 spiro atoms. The molecule has 0 bridgehead atoms. The first-order valence-electron chi connectivity index (χ1n) is 6.48. The zero-order valence-electron chi connectivity index (χ0n) is 10.5. The number of benzene rings is 1. The van der Waals surface area contributed by atoms with E-state index in [1.165, 1.54) is 6.42 Å². The number of hydrogen-bond donors (Lipinski definition) is 1. The molecular weight excluding hydrogens is 305 g/mol. The van der Waals surface area contributed by atoms with E-state index in [0.717, 1.165) is 25.7 Å². The Balaban J connectivity index is 2.12. The van der Waals surface area contributed by atoms with Crippen LogP contribution in [0.2, 0.25) is 10.0 Å². The lowest BCUT2D eigenvalue weighted by molar-refractivity contribution is 0.0934. The van der Waals surface area contributed by atoms with Gasteiger partial charge in [-0.05, 0) is 25.0 Å². The summed E-state index contributed by atoms with van der Waals surface area (Å²) < 4.78 is 0. The number of alkyl halides is 1. The quantitative estimate of drug-likeness (QED) is 0.623. The zero-order chi connectivity index (χ0) is 13.8. The Hall–Kier alpha value is -0.440. The Morgan fingerprint density at radius 1 is 1.11 bits per heavy atom. The van der Waals surface area contributed by atoms with Gasteiger partial charge in [0.15, 0.2) is 0 Å². The van der Waals surface area contributed by atoms with Crippen molar-refractivity contribution in [2.75, 3.05) is 0 Å². The normalized spacial score (nSPS) is 23.7. The van der Waals surface area contributed by atoms with Crippen LogP contribution in [0.1, 0.15) is 42.5 Å². The lowest BCUT2D eigenvalue weighted by atomic mass is 10.1. The Morgan fingerprint density at radius 3 is 2.42 bits per heavy atom. The fraction of sp³-hybridized carbons (Fsp3) is 0.500. The summed E-state index contributed by atoms with van der Waals surface area (Å²) in [5, 5.41) is 3.68. The highest BCUT2D eigenvalue weighted by Gasteiger charge is 2.25. The molecule has 1 N–H and O–H groups in total. The van der Waals surface area contributed by atoms with E-state index in [1.807, 2.05) is 0 Å². The van der Waals surface area contributed by atoms with Crippen LogP contribution in [0.15, 0.2) is 18.2 Å². The minimum Gasteiger partial charge on any atom is -0.348 e. The minimum absolute atomic E-state index is 0.0102. The van der Waals surface area contributed by atoms with Crippen LogP contribution in [0.5, 0.6) is 0 Å². The SMILES string of the molecule is O=C(NC1CCCCCC1Cl)c1c(Cl)cccc1Cl. The Bertz CT molecular complexity index is 444. The number of carbonyl (C=O) groups excluding carboxylic acids is 1. The second-order valence-electron chi connectivity index (χ2n) is 4.83. The Labute approximate surface area is 128 Å². The number of nitrogens with one attached hydrogen (secondary N) is 1. The number of carbonyl (C=O) groups is 1. The summed E-state index contributed by atoms with van der Waals surface area (Å²) in [7, 11) is 0. The monoisotopic (exact) mass is 319 g/mol. The summed E-state index contributed by atoms with van der Waals surface area (Å²) in [4.78, 5) is 12.3. The van der Waals surface area contributed by atoms with Crippen molar-refractivity contribution in [3.05, 3.63) is 33.8 Å². The average Bonchev–Trinajstić information content (AvgIpc) is 2.55. The van der Waals surface area contributed by atoms with Crippen molar-refractivity contribution in [2.45, 2.75) is 43.5 Å². The summed E-state index contributed by atoms with van der Waals surface area (Å²) in [6.45, 7) is 0. The van der Waals surface area contributed by atoms with E-state index in [1.54, 1.807) is 18.2 Å². The highest BCUT2D eigenvalue weighted by Crippen LogP contribution is 2.26. The van der Waals surface area contributed by atoms with Crippen molar-refractivity contribution in [3.63, 3.8) is 0 Å². The second kappa shape index (κ2) is 6.83. The van der Waals surface area contributed by atoms with Crippen molar-refractivity contribution in [3.8, 4) is 0 Å². The van der Waals surface area contributed by atoms with Crippen molar-refractivity contribution in [2.24, 2.45) is 0 Å². The van der Waals surface area contributed by atoms with Gasteiger partial charge in [-0.3, -0.25) is 4.79 Å². The Morgan fingerprint density at radius 2 is 1.74 bits per heavy atom.